The van der Waals surface area contributed by atoms with Gasteiger partial charge in [-0.05, 0) is 23.6 Å². The fraction of sp³-hybridized carbons (Fsp3) is 0.0667. The van der Waals surface area contributed by atoms with Gasteiger partial charge < -0.3 is 10.1 Å². The van der Waals surface area contributed by atoms with Gasteiger partial charge in [0.15, 0.2) is 6.61 Å². The number of esters is 1. The van der Waals surface area contributed by atoms with Gasteiger partial charge in [0.1, 0.15) is 0 Å². The Kier molecular flexibility index (Phi) is 5.59. The largest absolute Gasteiger partial charge is 0.452 e. The van der Waals surface area contributed by atoms with Crippen molar-refractivity contribution in [2.45, 2.75) is 0 Å². The summed E-state index contributed by atoms with van der Waals surface area (Å²) in [5, 5.41) is 14.9. The summed E-state index contributed by atoms with van der Waals surface area (Å²) in [6.45, 7) is -0.476. The number of non-ortho nitro benzene ring substituents is 1. The third-order valence-corrected chi connectivity index (χ3v) is 3.45. The molecule has 0 spiro atoms. The quantitative estimate of drug-likeness (QED) is 0.379. The number of carbonyl (C=O) groups excluding carboxylic acids is 2. The van der Waals surface area contributed by atoms with Crippen LogP contribution in [0.15, 0.2) is 47.9 Å². The maximum absolute atomic E-state index is 11.7. The molecular formula is C15H12N2O5S. The van der Waals surface area contributed by atoms with E-state index in [2.05, 4.69) is 5.32 Å². The van der Waals surface area contributed by atoms with Gasteiger partial charge in [-0.15, -0.1) is 11.3 Å². The molecule has 7 nitrogen and oxygen atoms in total. The van der Waals surface area contributed by atoms with E-state index in [-0.39, 0.29) is 11.4 Å². The fourth-order valence-electron chi connectivity index (χ4n) is 1.62. The van der Waals surface area contributed by atoms with Crippen LogP contribution in [0.1, 0.15) is 4.88 Å². The molecular weight excluding hydrogens is 320 g/mol. The average Bonchev–Trinajstić information content (AvgIpc) is 3.04. The van der Waals surface area contributed by atoms with Gasteiger partial charge in [-0.25, -0.2) is 4.79 Å². The van der Waals surface area contributed by atoms with E-state index in [9.17, 15) is 19.7 Å². The van der Waals surface area contributed by atoms with Crippen LogP contribution in [0.25, 0.3) is 6.08 Å². The molecule has 0 aliphatic heterocycles. The first-order chi connectivity index (χ1) is 11.0. The van der Waals surface area contributed by atoms with Gasteiger partial charge in [0.2, 0.25) is 0 Å². The Bertz CT molecular complexity index is 740. The van der Waals surface area contributed by atoms with Gasteiger partial charge in [-0.1, -0.05) is 12.1 Å². The molecule has 2 aromatic rings. The van der Waals surface area contributed by atoms with Crippen LogP contribution in [0.4, 0.5) is 11.4 Å². The molecule has 0 atom stereocenters. The number of ether oxygens (including phenoxy) is 1. The predicted octanol–water partition coefficient (Wildman–Crippen LogP) is 2.85. The molecule has 0 aliphatic carbocycles. The number of nitro groups is 1. The Hall–Kier alpha value is -3.00. The molecule has 0 radical (unpaired) electrons. The molecule has 1 aromatic heterocycles. The highest BCUT2D eigenvalue weighted by Crippen LogP contribution is 2.16. The first-order valence-corrected chi connectivity index (χ1v) is 7.35. The van der Waals surface area contributed by atoms with Crippen molar-refractivity contribution in [1.82, 2.24) is 0 Å². The fourth-order valence-corrected chi connectivity index (χ4v) is 2.23. The topological polar surface area (TPSA) is 98.5 Å². The summed E-state index contributed by atoms with van der Waals surface area (Å²) < 4.78 is 4.78. The van der Waals surface area contributed by atoms with E-state index in [1.807, 2.05) is 17.5 Å². The maximum Gasteiger partial charge on any atom is 0.331 e. The number of hydrogen-bond donors (Lipinski definition) is 1. The predicted molar refractivity (Wildman–Crippen MR) is 86.0 cm³/mol. The average molecular weight is 332 g/mol. The van der Waals surface area contributed by atoms with E-state index >= 15 is 0 Å². The minimum Gasteiger partial charge on any atom is -0.452 e. The molecule has 1 aromatic carbocycles. The Labute approximate surface area is 135 Å². The lowest BCUT2D eigenvalue weighted by atomic mass is 10.3. The molecule has 0 saturated heterocycles. The SMILES string of the molecule is O=C(COC(=O)C=Cc1cccs1)Nc1cccc([N+](=O)[O-])c1. The minimum absolute atomic E-state index is 0.140. The summed E-state index contributed by atoms with van der Waals surface area (Å²) in [5.41, 5.74) is 0.119. The molecule has 0 aliphatic rings. The summed E-state index contributed by atoms with van der Waals surface area (Å²) in [6, 6.07) is 9.17. The Morgan fingerprint density at radius 2 is 2.13 bits per heavy atom. The van der Waals surface area contributed by atoms with Crippen LogP contribution in [-0.4, -0.2) is 23.4 Å². The first kappa shape index (κ1) is 16.4. The molecule has 2 rings (SSSR count). The number of nitrogens with one attached hydrogen (secondary N) is 1. The Balaban J connectivity index is 1.82. The second kappa shape index (κ2) is 7.85. The van der Waals surface area contributed by atoms with Crippen LogP contribution in [-0.2, 0) is 14.3 Å². The second-order valence-electron chi connectivity index (χ2n) is 4.31. The van der Waals surface area contributed by atoms with Crippen LogP contribution >= 0.6 is 11.3 Å². The number of anilines is 1. The highest BCUT2D eigenvalue weighted by Gasteiger charge is 2.09. The van der Waals surface area contributed by atoms with Gasteiger partial charge in [0.05, 0.1) is 4.92 Å². The number of nitrogens with zero attached hydrogens (tertiary/aromatic N) is 1. The molecule has 8 heteroatoms. The van der Waals surface area contributed by atoms with Crippen molar-refractivity contribution in [2.75, 3.05) is 11.9 Å². The number of hydrogen-bond acceptors (Lipinski definition) is 6. The summed E-state index contributed by atoms with van der Waals surface area (Å²) in [6.07, 6.45) is 2.82. The standard InChI is InChI=1S/C15H12N2O5S/c18-14(16-11-3-1-4-12(9-11)17(20)21)10-22-15(19)7-6-13-5-2-8-23-13/h1-9H,10H2,(H,16,18). The van der Waals surface area contributed by atoms with Crippen molar-refractivity contribution < 1.29 is 19.2 Å². The molecule has 23 heavy (non-hydrogen) atoms. The summed E-state index contributed by atoms with van der Waals surface area (Å²) in [7, 11) is 0. The van der Waals surface area contributed by atoms with Crippen molar-refractivity contribution in [3.8, 4) is 0 Å². The molecule has 0 bridgehead atoms. The van der Waals surface area contributed by atoms with Crippen molar-refractivity contribution in [3.63, 3.8) is 0 Å². The lowest BCUT2D eigenvalue weighted by molar-refractivity contribution is -0.384. The highest BCUT2D eigenvalue weighted by atomic mass is 32.1. The summed E-state index contributed by atoms with van der Waals surface area (Å²) >= 11 is 1.47. The zero-order valence-corrected chi connectivity index (χ0v) is 12.6. The molecule has 0 fully saturated rings. The summed E-state index contributed by atoms with van der Waals surface area (Å²) in [4.78, 5) is 34.1. The van der Waals surface area contributed by atoms with Crippen molar-refractivity contribution >= 4 is 40.7 Å². The van der Waals surface area contributed by atoms with Gasteiger partial charge in [-0.3, -0.25) is 14.9 Å². The lowest BCUT2D eigenvalue weighted by Crippen LogP contribution is -2.20. The monoisotopic (exact) mass is 332 g/mol. The van der Waals surface area contributed by atoms with Crippen LogP contribution in [0, 0.1) is 10.1 Å². The van der Waals surface area contributed by atoms with E-state index in [0.29, 0.717) is 0 Å². The van der Waals surface area contributed by atoms with E-state index in [1.54, 1.807) is 6.08 Å². The van der Waals surface area contributed by atoms with E-state index in [1.165, 1.54) is 41.7 Å². The Morgan fingerprint density at radius 1 is 1.30 bits per heavy atom. The molecule has 0 saturated carbocycles. The van der Waals surface area contributed by atoms with Crippen LogP contribution in [0.5, 0.6) is 0 Å². The van der Waals surface area contributed by atoms with Crippen LogP contribution in [0.2, 0.25) is 0 Å². The third-order valence-electron chi connectivity index (χ3n) is 2.61. The lowest BCUT2D eigenvalue weighted by Gasteiger charge is -2.05. The Morgan fingerprint density at radius 3 is 2.83 bits per heavy atom. The molecule has 1 N–H and O–H groups in total. The highest BCUT2D eigenvalue weighted by molar-refractivity contribution is 7.10. The van der Waals surface area contributed by atoms with Crippen molar-refractivity contribution in [1.29, 1.82) is 0 Å². The maximum atomic E-state index is 11.7. The number of benzene rings is 1. The molecule has 0 unspecified atom stereocenters. The number of thiophene rings is 1. The van der Waals surface area contributed by atoms with Crippen LogP contribution < -0.4 is 5.32 Å². The van der Waals surface area contributed by atoms with E-state index in [0.717, 1.165) is 4.88 Å². The van der Waals surface area contributed by atoms with E-state index < -0.39 is 23.4 Å². The molecule has 1 heterocycles. The number of nitro benzene ring substituents is 1. The summed E-state index contributed by atoms with van der Waals surface area (Å²) in [5.74, 6) is -1.23. The number of rotatable bonds is 6. The minimum atomic E-state index is -0.646. The van der Waals surface area contributed by atoms with Gasteiger partial charge in [0, 0.05) is 28.8 Å². The van der Waals surface area contributed by atoms with Crippen molar-refractivity contribution in [3.05, 3.63) is 62.8 Å². The molecule has 118 valence electrons. The normalized spacial score (nSPS) is 10.4. The first-order valence-electron chi connectivity index (χ1n) is 6.47. The number of amides is 1. The van der Waals surface area contributed by atoms with Gasteiger partial charge in [-0.2, -0.15) is 0 Å². The zero-order chi connectivity index (χ0) is 16.7. The van der Waals surface area contributed by atoms with Gasteiger partial charge >= 0.3 is 5.97 Å². The van der Waals surface area contributed by atoms with Crippen LogP contribution in [0.3, 0.4) is 0 Å². The van der Waals surface area contributed by atoms with E-state index in [4.69, 9.17) is 4.74 Å². The zero-order valence-electron chi connectivity index (χ0n) is 11.8. The molecule has 1 amide bonds. The van der Waals surface area contributed by atoms with Gasteiger partial charge in [0.25, 0.3) is 11.6 Å². The number of carbonyl (C=O) groups is 2. The van der Waals surface area contributed by atoms with Crippen molar-refractivity contribution in [2.24, 2.45) is 0 Å². The second-order valence-corrected chi connectivity index (χ2v) is 5.29. The smallest absolute Gasteiger partial charge is 0.331 e. The third kappa shape index (κ3) is 5.36.